The first kappa shape index (κ1) is 20.0. The summed E-state index contributed by atoms with van der Waals surface area (Å²) in [6.45, 7) is 2.31. The van der Waals surface area contributed by atoms with Gasteiger partial charge in [0, 0.05) is 10.7 Å². The molecule has 0 heterocycles. The third-order valence-electron chi connectivity index (χ3n) is 3.44. The van der Waals surface area contributed by atoms with Crippen molar-refractivity contribution in [2.75, 3.05) is 19.0 Å². The minimum atomic E-state index is -0.582. The van der Waals surface area contributed by atoms with Crippen LogP contribution in [0.4, 0.5) is 5.69 Å². The maximum absolute atomic E-state index is 12.4. The molecule has 0 aromatic heterocycles. The fourth-order valence-electron chi connectivity index (χ4n) is 2.24. The van der Waals surface area contributed by atoms with E-state index >= 15 is 0 Å². The highest BCUT2D eigenvalue weighted by atomic mass is 35.5. The summed E-state index contributed by atoms with van der Waals surface area (Å²) in [4.78, 5) is 23.8. The van der Waals surface area contributed by atoms with Gasteiger partial charge < -0.3 is 14.8 Å². The van der Waals surface area contributed by atoms with Gasteiger partial charge in [0.25, 0.3) is 5.91 Å². The first-order valence-corrected chi connectivity index (χ1v) is 8.39. The van der Waals surface area contributed by atoms with Gasteiger partial charge in [-0.25, -0.2) is 4.79 Å². The molecular weight excluding hydrogens is 368 g/mol. The highest BCUT2D eigenvalue weighted by molar-refractivity contribution is 6.30. The lowest BCUT2D eigenvalue weighted by Gasteiger charge is -2.07. The largest absolute Gasteiger partial charge is 0.494 e. The molecule has 2 aromatic carbocycles. The second-order valence-electron chi connectivity index (χ2n) is 5.35. The monoisotopic (exact) mass is 384 g/mol. The minimum Gasteiger partial charge on any atom is -0.494 e. The molecule has 0 radical (unpaired) electrons. The number of benzene rings is 2. The molecule has 0 aliphatic carbocycles. The normalized spacial score (nSPS) is 10.7. The third-order valence-corrected chi connectivity index (χ3v) is 3.66. The van der Waals surface area contributed by atoms with E-state index in [1.807, 2.05) is 13.0 Å². The Morgan fingerprint density at radius 2 is 1.93 bits per heavy atom. The van der Waals surface area contributed by atoms with E-state index in [1.54, 1.807) is 30.3 Å². The number of nitrogens with zero attached hydrogens (tertiary/aromatic N) is 1. The second-order valence-corrected chi connectivity index (χ2v) is 5.78. The van der Waals surface area contributed by atoms with Crippen molar-refractivity contribution in [3.63, 3.8) is 0 Å². The van der Waals surface area contributed by atoms with Gasteiger partial charge in [0.2, 0.25) is 0 Å². The van der Waals surface area contributed by atoms with Gasteiger partial charge in [-0.3, -0.25) is 4.79 Å². The summed E-state index contributed by atoms with van der Waals surface area (Å²) in [5, 5.41) is 12.4. The maximum Gasteiger partial charge on any atom is 0.337 e. The number of hydrogen-bond acceptors (Lipinski definition) is 5. The molecule has 27 heavy (non-hydrogen) atoms. The van der Waals surface area contributed by atoms with E-state index in [2.05, 4.69) is 10.1 Å². The van der Waals surface area contributed by atoms with Crippen LogP contribution in [0.25, 0.3) is 6.08 Å². The Labute approximate surface area is 162 Å². The Morgan fingerprint density at radius 1 is 1.22 bits per heavy atom. The van der Waals surface area contributed by atoms with Crippen LogP contribution in [0.15, 0.2) is 48.0 Å². The van der Waals surface area contributed by atoms with Crippen molar-refractivity contribution in [3.05, 3.63) is 64.2 Å². The molecule has 0 bridgehead atoms. The van der Waals surface area contributed by atoms with Crippen molar-refractivity contribution < 1.29 is 19.1 Å². The molecule has 7 heteroatoms. The quantitative estimate of drug-likeness (QED) is 0.460. The van der Waals surface area contributed by atoms with Gasteiger partial charge in [-0.2, -0.15) is 5.26 Å². The smallest absolute Gasteiger partial charge is 0.337 e. The van der Waals surface area contributed by atoms with Crippen LogP contribution in [0.2, 0.25) is 5.02 Å². The van der Waals surface area contributed by atoms with Crippen molar-refractivity contribution in [3.8, 4) is 11.8 Å². The molecular formula is C20H17ClN2O4. The highest BCUT2D eigenvalue weighted by Crippen LogP contribution is 2.23. The number of esters is 1. The summed E-state index contributed by atoms with van der Waals surface area (Å²) >= 11 is 6.04. The molecule has 1 N–H and O–H groups in total. The number of nitrogens with one attached hydrogen (secondary N) is 1. The lowest BCUT2D eigenvalue weighted by Crippen LogP contribution is -2.13. The summed E-state index contributed by atoms with van der Waals surface area (Å²) in [6, 6.07) is 13.0. The van der Waals surface area contributed by atoms with E-state index in [9.17, 15) is 14.9 Å². The van der Waals surface area contributed by atoms with Crippen molar-refractivity contribution in [1.29, 1.82) is 5.26 Å². The molecule has 138 valence electrons. The summed E-state index contributed by atoms with van der Waals surface area (Å²) < 4.78 is 10.0. The molecule has 0 saturated carbocycles. The lowest BCUT2D eigenvalue weighted by molar-refractivity contribution is -0.112. The van der Waals surface area contributed by atoms with Crippen LogP contribution in [0.3, 0.4) is 0 Å². The van der Waals surface area contributed by atoms with Gasteiger partial charge in [-0.15, -0.1) is 0 Å². The number of amides is 1. The van der Waals surface area contributed by atoms with Crippen LogP contribution in [-0.4, -0.2) is 25.6 Å². The molecule has 0 unspecified atom stereocenters. The van der Waals surface area contributed by atoms with Gasteiger partial charge in [0.15, 0.2) is 0 Å². The molecule has 2 rings (SSSR count). The summed E-state index contributed by atoms with van der Waals surface area (Å²) in [7, 11) is 1.29. The minimum absolute atomic E-state index is 0.100. The molecule has 6 nitrogen and oxygen atoms in total. The Hall–Kier alpha value is -3.30. The molecule has 1 amide bonds. The van der Waals surface area contributed by atoms with Crippen molar-refractivity contribution in [2.24, 2.45) is 0 Å². The Kier molecular flexibility index (Phi) is 6.98. The maximum atomic E-state index is 12.4. The molecule has 2 aromatic rings. The third kappa shape index (κ3) is 5.59. The van der Waals surface area contributed by atoms with Crippen molar-refractivity contribution in [1.82, 2.24) is 0 Å². The average molecular weight is 385 g/mol. The average Bonchev–Trinajstić information content (AvgIpc) is 2.65. The van der Waals surface area contributed by atoms with Gasteiger partial charge in [-0.05, 0) is 61.0 Å². The van der Waals surface area contributed by atoms with E-state index in [4.69, 9.17) is 16.3 Å². The zero-order valence-corrected chi connectivity index (χ0v) is 15.5. The summed E-state index contributed by atoms with van der Waals surface area (Å²) in [5.41, 5.74) is 1.26. The van der Waals surface area contributed by atoms with Crippen LogP contribution in [0, 0.1) is 11.3 Å². The van der Waals surface area contributed by atoms with Crippen LogP contribution in [-0.2, 0) is 9.53 Å². The number of halogens is 1. The van der Waals surface area contributed by atoms with E-state index < -0.39 is 11.9 Å². The van der Waals surface area contributed by atoms with Crippen molar-refractivity contribution in [2.45, 2.75) is 6.92 Å². The fourth-order valence-corrected chi connectivity index (χ4v) is 2.47. The molecule has 0 aliphatic heterocycles. The van der Waals surface area contributed by atoms with Gasteiger partial charge in [-0.1, -0.05) is 11.6 Å². The van der Waals surface area contributed by atoms with Crippen molar-refractivity contribution >= 4 is 35.2 Å². The molecule has 0 fully saturated rings. The van der Waals surface area contributed by atoms with Crippen LogP contribution < -0.4 is 10.1 Å². The molecule has 0 spiro atoms. The zero-order chi connectivity index (χ0) is 19.8. The van der Waals surface area contributed by atoms with E-state index in [0.717, 1.165) is 0 Å². The number of ether oxygens (including phenoxy) is 2. The second kappa shape index (κ2) is 9.41. The van der Waals surface area contributed by atoms with Crippen LogP contribution >= 0.6 is 11.6 Å². The SMILES string of the molecule is CCOc1cc(Cl)cc(/C=C(\C#N)C(=O)Nc2ccc(C(=O)OC)cc2)c1. The number of carbonyl (C=O) groups excluding carboxylic acids is 2. The number of carbonyl (C=O) groups is 2. The summed E-state index contributed by atoms with van der Waals surface area (Å²) in [5.74, 6) is -0.509. The Bertz CT molecular complexity index is 915. The summed E-state index contributed by atoms with van der Waals surface area (Å²) in [6.07, 6.45) is 1.42. The molecule has 0 saturated heterocycles. The fraction of sp³-hybridized carbons (Fsp3) is 0.150. The zero-order valence-electron chi connectivity index (χ0n) is 14.8. The lowest BCUT2D eigenvalue weighted by atomic mass is 10.1. The predicted molar refractivity (Wildman–Crippen MR) is 103 cm³/mol. The predicted octanol–water partition coefficient (Wildman–Crippen LogP) is 4.07. The first-order valence-electron chi connectivity index (χ1n) is 8.01. The van der Waals surface area contributed by atoms with E-state index in [1.165, 1.54) is 25.3 Å². The van der Waals surface area contributed by atoms with E-state index in [0.29, 0.717) is 34.2 Å². The number of anilines is 1. The number of nitriles is 1. The standard InChI is InChI=1S/C20H17ClN2O4/c1-3-27-18-10-13(9-16(21)11-18)8-15(12-22)19(24)23-17-6-4-14(5-7-17)20(25)26-2/h4-11H,3H2,1-2H3,(H,23,24)/b15-8+. The number of rotatable bonds is 6. The van der Waals surface area contributed by atoms with Crippen LogP contribution in [0.1, 0.15) is 22.8 Å². The van der Waals surface area contributed by atoms with Crippen LogP contribution in [0.5, 0.6) is 5.75 Å². The number of hydrogen-bond donors (Lipinski definition) is 1. The topological polar surface area (TPSA) is 88.4 Å². The van der Waals surface area contributed by atoms with E-state index in [-0.39, 0.29) is 5.57 Å². The number of methoxy groups -OCH3 is 1. The Balaban J connectivity index is 2.19. The first-order chi connectivity index (χ1) is 13.0. The molecule has 0 atom stereocenters. The van der Waals surface area contributed by atoms with Gasteiger partial charge >= 0.3 is 5.97 Å². The molecule has 0 aliphatic rings. The Morgan fingerprint density at radius 3 is 2.52 bits per heavy atom. The van der Waals surface area contributed by atoms with Gasteiger partial charge in [0.05, 0.1) is 19.3 Å². The van der Waals surface area contributed by atoms with Gasteiger partial charge in [0.1, 0.15) is 17.4 Å². The highest BCUT2D eigenvalue weighted by Gasteiger charge is 2.11.